The monoisotopic (exact) mass is 252 g/mol. The van der Waals surface area contributed by atoms with E-state index in [9.17, 15) is 13.2 Å². The summed E-state index contributed by atoms with van der Waals surface area (Å²) in [5, 5.41) is 0.309. The first-order valence-corrected chi connectivity index (χ1v) is 5.08. The summed E-state index contributed by atoms with van der Waals surface area (Å²) in [6.45, 7) is 1.77. The lowest BCUT2D eigenvalue weighted by molar-refractivity contribution is -0.144. The number of aromatic nitrogens is 2. The molecule has 0 saturated carbocycles. The van der Waals surface area contributed by atoms with Crippen LogP contribution in [0, 0.1) is 6.92 Å². The van der Waals surface area contributed by atoms with E-state index < -0.39 is 12.0 Å². The standard InChI is InChI=1S/C8H4ClF3N2S/c1-3-2-4-5(9)13-7(8(10,11)12)14-6(4)15-3/h2H,1H3. The summed E-state index contributed by atoms with van der Waals surface area (Å²) < 4.78 is 37.0. The van der Waals surface area contributed by atoms with Crippen molar-refractivity contribution in [3.63, 3.8) is 0 Å². The summed E-state index contributed by atoms with van der Waals surface area (Å²) in [6.07, 6.45) is -4.56. The molecule has 0 bridgehead atoms. The second-order valence-electron chi connectivity index (χ2n) is 2.91. The first kappa shape index (κ1) is 10.6. The Morgan fingerprint density at radius 1 is 1.33 bits per heavy atom. The number of hydrogen-bond acceptors (Lipinski definition) is 3. The average Bonchev–Trinajstić information content (AvgIpc) is 2.44. The Kier molecular flexibility index (Phi) is 2.35. The van der Waals surface area contributed by atoms with Crippen molar-refractivity contribution in [3.05, 3.63) is 21.9 Å². The van der Waals surface area contributed by atoms with E-state index in [1.807, 2.05) is 0 Å². The lowest BCUT2D eigenvalue weighted by Crippen LogP contribution is -2.10. The van der Waals surface area contributed by atoms with Crippen molar-refractivity contribution >= 4 is 33.2 Å². The number of rotatable bonds is 0. The lowest BCUT2D eigenvalue weighted by Gasteiger charge is -2.04. The molecular formula is C8H4ClF3N2S. The highest BCUT2D eigenvalue weighted by Crippen LogP contribution is 2.33. The van der Waals surface area contributed by atoms with Crippen LogP contribution in [0.1, 0.15) is 10.7 Å². The summed E-state index contributed by atoms with van der Waals surface area (Å²) in [5.41, 5.74) is 0. The zero-order chi connectivity index (χ0) is 11.2. The molecule has 0 fully saturated rings. The van der Waals surface area contributed by atoms with Crippen molar-refractivity contribution in [2.45, 2.75) is 13.1 Å². The van der Waals surface area contributed by atoms with Gasteiger partial charge in [-0.05, 0) is 13.0 Å². The van der Waals surface area contributed by atoms with Crippen LogP contribution in [0.2, 0.25) is 5.15 Å². The van der Waals surface area contributed by atoms with Crippen molar-refractivity contribution < 1.29 is 13.2 Å². The summed E-state index contributed by atoms with van der Waals surface area (Å²) in [4.78, 5) is 7.76. The van der Waals surface area contributed by atoms with E-state index >= 15 is 0 Å². The van der Waals surface area contributed by atoms with E-state index in [-0.39, 0.29) is 9.98 Å². The Labute approximate surface area is 91.7 Å². The van der Waals surface area contributed by atoms with Gasteiger partial charge in [-0.2, -0.15) is 13.2 Å². The molecule has 0 aromatic carbocycles. The highest BCUT2D eigenvalue weighted by Gasteiger charge is 2.35. The minimum Gasteiger partial charge on any atom is -0.213 e. The average molecular weight is 253 g/mol. The van der Waals surface area contributed by atoms with Gasteiger partial charge in [-0.25, -0.2) is 9.97 Å². The molecule has 0 aliphatic carbocycles. The second-order valence-corrected chi connectivity index (χ2v) is 4.50. The number of thiophene rings is 1. The minimum absolute atomic E-state index is 0.156. The largest absolute Gasteiger partial charge is 0.451 e. The minimum atomic E-state index is -4.56. The number of alkyl halides is 3. The molecular weight excluding hydrogens is 249 g/mol. The lowest BCUT2D eigenvalue weighted by atomic mass is 10.4. The number of halogens is 4. The summed E-state index contributed by atoms with van der Waals surface area (Å²) in [6, 6.07) is 1.67. The molecule has 80 valence electrons. The topological polar surface area (TPSA) is 25.8 Å². The molecule has 2 aromatic heterocycles. The third-order valence-corrected chi connectivity index (χ3v) is 2.96. The zero-order valence-electron chi connectivity index (χ0n) is 7.39. The van der Waals surface area contributed by atoms with Gasteiger partial charge in [0.25, 0.3) is 0 Å². The molecule has 2 heterocycles. The first-order valence-electron chi connectivity index (χ1n) is 3.89. The Morgan fingerprint density at radius 3 is 2.60 bits per heavy atom. The molecule has 0 saturated heterocycles. The van der Waals surface area contributed by atoms with Crippen molar-refractivity contribution in [2.75, 3.05) is 0 Å². The molecule has 0 N–H and O–H groups in total. The van der Waals surface area contributed by atoms with Gasteiger partial charge < -0.3 is 0 Å². The van der Waals surface area contributed by atoms with Crippen LogP contribution < -0.4 is 0 Å². The highest BCUT2D eigenvalue weighted by molar-refractivity contribution is 7.18. The predicted molar refractivity (Wildman–Crippen MR) is 52.2 cm³/mol. The molecule has 2 nitrogen and oxygen atoms in total. The summed E-state index contributed by atoms with van der Waals surface area (Å²) in [7, 11) is 0. The van der Waals surface area contributed by atoms with E-state index in [1.165, 1.54) is 0 Å². The summed E-state index contributed by atoms with van der Waals surface area (Å²) >= 11 is 6.80. The van der Waals surface area contributed by atoms with E-state index in [4.69, 9.17) is 11.6 Å². The molecule has 0 unspecified atom stereocenters. The molecule has 2 aromatic rings. The quantitative estimate of drug-likeness (QED) is 0.669. The van der Waals surface area contributed by atoms with Crippen molar-refractivity contribution in [1.82, 2.24) is 9.97 Å². The van der Waals surface area contributed by atoms with E-state index in [0.29, 0.717) is 5.39 Å². The number of hydrogen-bond donors (Lipinski definition) is 0. The van der Waals surface area contributed by atoms with Crippen LogP contribution in [0.25, 0.3) is 10.2 Å². The van der Waals surface area contributed by atoms with Crippen LogP contribution in [0.5, 0.6) is 0 Å². The maximum absolute atomic E-state index is 12.3. The van der Waals surface area contributed by atoms with Gasteiger partial charge in [0.15, 0.2) is 0 Å². The third kappa shape index (κ3) is 1.91. The van der Waals surface area contributed by atoms with Crippen LogP contribution >= 0.6 is 22.9 Å². The van der Waals surface area contributed by atoms with E-state index in [1.54, 1.807) is 13.0 Å². The van der Waals surface area contributed by atoms with Crippen LogP contribution in [-0.4, -0.2) is 9.97 Å². The molecule has 0 amide bonds. The highest BCUT2D eigenvalue weighted by atomic mass is 35.5. The van der Waals surface area contributed by atoms with Crippen LogP contribution in [0.4, 0.5) is 13.2 Å². The Balaban J connectivity index is 2.72. The van der Waals surface area contributed by atoms with E-state index in [0.717, 1.165) is 16.2 Å². The molecule has 0 atom stereocenters. The molecule has 7 heteroatoms. The van der Waals surface area contributed by atoms with Gasteiger partial charge in [-0.15, -0.1) is 11.3 Å². The summed E-state index contributed by atoms with van der Waals surface area (Å²) in [5.74, 6) is -1.19. The van der Waals surface area contributed by atoms with Gasteiger partial charge in [0.1, 0.15) is 9.98 Å². The fourth-order valence-corrected chi connectivity index (χ4v) is 2.29. The second kappa shape index (κ2) is 3.31. The van der Waals surface area contributed by atoms with Gasteiger partial charge in [0, 0.05) is 10.3 Å². The van der Waals surface area contributed by atoms with Crippen LogP contribution in [0.3, 0.4) is 0 Å². The van der Waals surface area contributed by atoms with Crippen molar-refractivity contribution in [1.29, 1.82) is 0 Å². The predicted octanol–water partition coefficient (Wildman–Crippen LogP) is 3.67. The molecule has 0 spiro atoms. The number of nitrogens with zero attached hydrogens (tertiary/aromatic N) is 2. The molecule has 2 rings (SSSR count). The SMILES string of the molecule is Cc1cc2c(Cl)nc(C(F)(F)F)nc2s1. The Morgan fingerprint density at radius 2 is 2.00 bits per heavy atom. The van der Waals surface area contributed by atoms with Gasteiger partial charge in [-0.3, -0.25) is 0 Å². The van der Waals surface area contributed by atoms with Crippen LogP contribution in [-0.2, 0) is 6.18 Å². The zero-order valence-corrected chi connectivity index (χ0v) is 8.96. The van der Waals surface area contributed by atoms with Crippen molar-refractivity contribution in [2.24, 2.45) is 0 Å². The first-order chi connectivity index (χ1) is 6.88. The maximum Gasteiger partial charge on any atom is 0.451 e. The number of fused-ring (bicyclic) bond motifs is 1. The molecule has 0 aliphatic heterocycles. The van der Waals surface area contributed by atoms with Crippen LogP contribution in [0.15, 0.2) is 6.07 Å². The third-order valence-electron chi connectivity index (χ3n) is 1.72. The molecule has 15 heavy (non-hydrogen) atoms. The van der Waals surface area contributed by atoms with E-state index in [2.05, 4.69) is 9.97 Å². The smallest absolute Gasteiger partial charge is 0.213 e. The van der Waals surface area contributed by atoms with Gasteiger partial charge in [0.05, 0.1) is 0 Å². The normalized spacial score (nSPS) is 12.3. The Bertz CT molecular complexity index is 520. The fourth-order valence-electron chi connectivity index (χ4n) is 1.13. The van der Waals surface area contributed by atoms with Gasteiger partial charge in [-0.1, -0.05) is 11.6 Å². The number of aryl methyl sites for hydroxylation is 1. The van der Waals surface area contributed by atoms with Gasteiger partial charge >= 0.3 is 6.18 Å². The molecule has 0 aliphatic rings. The van der Waals surface area contributed by atoms with Gasteiger partial charge in [0.2, 0.25) is 5.82 Å². The maximum atomic E-state index is 12.3. The van der Waals surface area contributed by atoms with Crippen molar-refractivity contribution in [3.8, 4) is 0 Å². The Hall–Kier alpha value is -0.880. The molecule has 0 radical (unpaired) electrons. The fraction of sp³-hybridized carbons (Fsp3) is 0.250.